The Bertz CT molecular complexity index is 1480. The van der Waals surface area contributed by atoms with Gasteiger partial charge in [-0.25, -0.2) is 14.6 Å². The van der Waals surface area contributed by atoms with Crippen molar-refractivity contribution in [2.45, 2.75) is 17.6 Å². The number of nitrogens with zero attached hydrogens (tertiary/aromatic N) is 3. The van der Waals surface area contributed by atoms with Gasteiger partial charge in [-0.05, 0) is 24.3 Å². The molecule has 2 aliphatic heterocycles. The van der Waals surface area contributed by atoms with Gasteiger partial charge in [-0.15, -0.1) is 23.1 Å². The van der Waals surface area contributed by atoms with E-state index in [1.54, 1.807) is 0 Å². The predicted octanol–water partition coefficient (Wildman–Crippen LogP) is 0.453. The lowest BCUT2D eigenvalue weighted by atomic mass is 10.0. The van der Waals surface area contributed by atoms with Gasteiger partial charge in [0, 0.05) is 22.3 Å². The highest BCUT2D eigenvalue weighted by molar-refractivity contribution is 8.00. The average Bonchev–Trinajstić information content (AvgIpc) is 3.35. The molecule has 2 atom stereocenters. The first-order chi connectivity index (χ1) is 19.6. The molecule has 1 aromatic carbocycles. The molecule has 42 heavy (non-hydrogen) atoms. The number of nitrogens with two attached hydrogens (primary N) is 2. The van der Waals surface area contributed by atoms with E-state index in [9.17, 15) is 42.7 Å². The summed E-state index contributed by atoms with van der Waals surface area (Å²) < 4.78 is 37.4. The number of aliphatic carboxylic acids is 2. The van der Waals surface area contributed by atoms with Crippen LogP contribution in [0.3, 0.4) is 0 Å². The Balaban J connectivity index is 0.000000616. The molecule has 1 unspecified atom stereocenters. The number of alkyl halides is 3. The van der Waals surface area contributed by atoms with Crippen LogP contribution in [0.2, 0.25) is 0 Å². The van der Waals surface area contributed by atoms with Gasteiger partial charge in [0.15, 0.2) is 10.8 Å². The number of oxime groups is 1. The highest BCUT2D eigenvalue weighted by Crippen LogP contribution is 2.40. The number of thiazole rings is 1. The summed E-state index contributed by atoms with van der Waals surface area (Å²) in [6.45, 7) is -0.107. The number of β-lactam (4-membered cyclic amide) rings is 1. The zero-order valence-corrected chi connectivity index (χ0v) is 22.3. The van der Waals surface area contributed by atoms with E-state index in [0.29, 0.717) is 16.9 Å². The molecule has 8 N–H and O–H groups in total. The van der Waals surface area contributed by atoms with Crippen LogP contribution in [-0.4, -0.2) is 90.6 Å². The van der Waals surface area contributed by atoms with Crippen LogP contribution in [0.15, 0.2) is 46.1 Å². The largest absolute Gasteiger partial charge is 0.490 e. The van der Waals surface area contributed by atoms with Crippen molar-refractivity contribution in [2.24, 2.45) is 10.9 Å². The summed E-state index contributed by atoms with van der Waals surface area (Å²) in [5.74, 6) is -5.53. The van der Waals surface area contributed by atoms with Crippen molar-refractivity contribution in [3.8, 4) is 5.75 Å². The predicted molar refractivity (Wildman–Crippen MR) is 139 cm³/mol. The summed E-state index contributed by atoms with van der Waals surface area (Å²) in [5, 5.41) is 32.5. The molecule has 224 valence electrons. The third kappa shape index (κ3) is 7.07. The maximum Gasteiger partial charge on any atom is 0.490 e. The van der Waals surface area contributed by atoms with Gasteiger partial charge in [0.05, 0.1) is 0 Å². The fourth-order valence-electron chi connectivity index (χ4n) is 3.50. The normalized spacial score (nSPS) is 18.2. The summed E-state index contributed by atoms with van der Waals surface area (Å²) >= 11 is 2.29. The number of rotatable bonds is 8. The van der Waals surface area contributed by atoms with Gasteiger partial charge >= 0.3 is 18.1 Å². The van der Waals surface area contributed by atoms with Gasteiger partial charge in [0.25, 0.3) is 11.8 Å². The number of amides is 3. The van der Waals surface area contributed by atoms with Crippen molar-refractivity contribution in [2.75, 3.05) is 18.1 Å². The second kappa shape index (κ2) is 12.8. The van der Waals surface area contributed by atoms with E-state index in [1.807, 2.05) is 0 Å². The summed E-state index contributed by atoms with van der Waals surface area (Å²) in [6.07, 6.45) is -5.08. The van der Waals surface area contributed by atoms with Crippen LogP contribution in [0, 0.1) is 0 Å². The number of nitrogen functional groups attached to an aromatic ring is 1. The van der Waals surface area contributed by atoms with Crippen LogP contribution >= 0.6 is 23.1 Å². The number of primary amides is 1. The van der Waals surface area contributed by atoms with Gasteiger partial charge in [0.1, 0.15) is 35.2 Å². The van der Waals surface area contributed by atoms with E-state index < -0.39 is 53.0 Å². The molecule has 4 rings (SSSR count). The van der Waals surface area contributed by atoms with Gasteiger partial charge in [0.2, 0.25) is 5.91 Å². The summed E-state index contributed by atoms with van der Waals surface area (Å²) in [5.41, 5.74) is 10.8. The van der Waals surface area contributed by atoms with E-state index in [-0.39, 0.29) is 28.9 Å². The average molecular weight is 633 g/mol. The number of carboxylic acid groups (broad SMARTS) is 2. The number of hydrogen-bond acceptors (Lipinski definition) is 12. The molecule has 0 radical (unpaired) electrons. The first-order valence-electron chi connectivity index (χ1n) is 11.1. The Kier molecular flexibility index (Phi) is 9.63. The van der Waals surface area contributed by atoms with Crippen molar-refractivity contribution in [1.82, 2.24) is 15.2 Å². The second-order valence-corrected chi connectivity index (χ2v) is 10.1. The van der Waals surface area contributed by atoms with E-state index in [2.05, 4.69) is 15.5 Å². The quantitative estimate of drug-likeness (QED) is 0.101. The maximum absolute atomic E-state index is 12.8. The van der Waals surface area contributed by atoms with Crippen LogP contribution in [0.5, 0.6) is 5.75 Å². The molecule has 0 aliphatic carbocycles. The van der Waals surface area contributed by atoms with Crippen molar-refractivity contribution >= 4 is 63.6 Å². The smallest absolute Gasteiger partial charge is 0.489 e. The minimum Gasteiger partial charge on any atom is -0.489 e. The minimum atomic E-state index is -5.08. The van der Waals surface area contributed by atoms with Crippen LogP contribution < -0.4 is 21.5 Å². The van der Waals surface area contributed by atoms with Crippen molar-refractivity contribution in [1.29, 1.82) is 0 Å². The van der Waals surface area contributed by atoms with Gasteiger partial charge in [-0.2, -0.15) is 13.2 Å². The number of halogens is 3. The number of nitrogens with one attached hydrogen (secondary N) is 1. The second-order valence-electron chi connectivity index (χ2n) is 8.12. The molecular weight excluding hydrogens is 613 g/mol. The van der Waals surface area contributed by atoms with Crippen molar-refractivity contribution < 1.29 is 57.3 Å². The number of hydrogen-bond donors (Lipinski definition) is 6. The third-order valence-corrected chi connectivity index (χ3v) is 7.42. The molecular formula is C22H19F3N6O9S2. The summed E-state index contributed by atoms with van der Waals surface area (Å²) in [4.78, 5) is 62.4. The standard InChI is InChI=1S/C20H18N6O7S2.C2HF3O2/c21-15(27)8-1-3-10(4-2-8)33-5-9-6-34-18-13(17(29)26(18)14(9)19(30)31)24-16(28)12(25-32)11-7-35-20(22)23-11;3-2(4,5)1(6)7/h1-4,7,13,18,32H,5-6H2,(H2,21,27)(H2,22,23)(H,24,28)(H,30,31);(H,6,7)/b25-12-;/t13?,18-;/m1./s1. The fraction of sp³-hybridized carbons (Fsp3) is 0.227. The number of aromatic nitrogens is 1. The zero-order valence-electron chi connectivity index (χ0n) is 20.7. The number of fused-ring (bicyclic) bond motifs is 1. The summed E-state index contributed by atoms with van der Waals surface area (Å²) in [6, 6.07) is 4.98. The number of anilines is 1. The molecule has 15 nitrogen and oxygen atoms in total. The highest BCUT2D eigenvalue weighted by atomic mass is 32.2. The van der Waals surface area contributed by atoms with Gasteiger partial charge < -0.3 is 36.9 Å². The first kappa shape index (κ1) is 31.7. The molecule has 1 aromatic heterocycles. The fourth-order valence-corrected chi connectivity index (χ4v) is 5.37. The number of carboxylic acids is 2. The van der Waals surface area contributed by atoms with Crippen LogP contribution in [0.25, 0.3) is 0 Å². The minimum absolute atomic E-state index is 0.0434. The molecule has 20 heteroatoms. The molecule has 0 bridgehead atoms. The molecule has 3 heterocycles. The number of carbonyl (C=O) groups is 5. The Labute approximate surface area is 240 Å². The van der Waals surface area contributed by atoms with E-state index in [4.69, 9.17) is 26.1 Å². The van der Waals surface area contributed by atoms with E-state index in [1.165, 1.54) is 41.4 Å². The maximum atomic E-state index is 12.8. The molecule has 3 amide bonds. The van der Waals surface area contributed by atoms with Crippen molar-refractivity contribution in [3.63, 3.8) is 0 Å². The molecule has 1 fully saturated rings. The number of carbonyl (C=O) groups excluding carboxylic acids is 3. The Hall–Kier alpha value is -4.85. The third-order valence-electron chi connectivity index (χ3n) is 5.41. The lowest BCUT2D eigenvalue weighted by Crippen LogP contribution is -2.71. The van der Waals surface area contributed by atoms with Crippen LogP contribution in [-0.2, 0) is 19.2 Å². The molecule has 1 saturated heterocycles. The Morgan fingerprint density at radius 2 is 1.81 bits per heavy atom. The SMILES string of the molecule is NC(=O)c1ccc(OCC2=C(C(=O)O)N3C(=O)C(NC(=O)/C(=N\O)c4csc(N)n4)[C@H]3SC2)cc1.O=C(O)C(F)(F)F. The molecule has 2 aliphatic rings. The Morgan fingerprint density at radius 3 is 2.29 bits per heavy atom. The van der Waals surface area contributed by atoms with Gasteiger partial charge in [-0.1, -0.05) is 5.16 Å². The number of ether oxygens (including phenoxy) is 1. The van der Waals surface area contributed by atoms with E-state index in [0.717, 1.165) is 16.2 Å². The van der Waals surface area contributed by atoms with Crippen LogP contribution in [0.1, 0.15) is 16.1 Å². The van der Waals surface area contributed by atoms with E-state index >= 15 is 0 Å². The van der Waals surface area contributed by atoms with Gasteiger partial charge in [-0.3, -0.25) is 19.3 Å². The Morgan fingerprint density at radius 1 is 1.19 bits per heavy atom. The molecule has 0 spiro atoms. The monoisotopic (exact) mass is 632 g/mol. The number of benzene rings is 1. The number of thioether (sulfide) groups is 1. The lowest BCUT2D eigenvalue weighted by Gasteiger charge is -2.49. The topological polar surface area (TPSA) is 248 Å². The van der Waals surface area contributed by atoms with Crippen molar-refractivity contribution in [3.05, 3.63) is 52.2 Å². The molecule has 0 saturated carbocycles. The lowest BCUT2D eigenvalue weighted by molar-refractivity contribution is -0.192. The summed E-state index contributed by atoms with van der Waals surface area (Å²) in [7, 11) is 0. The molecule has 2 aromatic rings. The first-order valence-corrected chi connectivity index (χ1v) is 13.1. The van der Waals surface area contributed by atoms with Crippen LogP contribution in [0.4, 0.5) is 18.3 Å². The zero-order chi connectivity index (χ0) is 31.4. The highest BCUT2D eigenvalue weighted by Gasteiger charge is 2.54.